The lowest BCUT2D eigenvalue weighted by molar-refractivity contribution is -0.137. The van der Waals surface area contributed by atoms with Crippen molar-refractivity contribution in [1.82, 2.24) is 14.8 Å². The predicted octanol–water partition coefficient (Wildman–Crippen LogP) is 1.42. The average molecular weight is 217 g/mol. The van der Waals surface area contributed by atoms with Crippen LogP contribution in [0.3, 0.4) is 0 Å². The summed E-state index contributed by atoms with van der Waals surface area (Å²) < 4.78 is 1.54. The van der Waals surface area contributed by atoms with Crippen molar-refractivity contribution < 1.29 is 9.90 Å². The lowest BCUT2D eigenvalue weighted by atomic mass is 10.2. The lowest BCUT2D eigenvalue weighted by Crippen LogP contribution is -2.04. The maximum absolute atomic E-state index is 10.4. The standard InChI is InChI=1S/C11H11N3O2/c15-10(16)6-7-14-8-12-11(13-14)9-4-2-1-3-5-9/h1-5,8H,6-7H2,(H,15,16). The van der Waals surface area contributed by atoms with Gasteiger partial charge in [-0.1, -0.05) is 30.3 Å². The largest absolute Gasteiger partial charge is 0.481 e. The average Bonchev–Trinajstić information content (AvgIpc) is 2.76. The summed E-state index contributed by atoms with van der Waals surface area (Å²) in [6.45, 7) is 0.342. The minimum atomic E-state index is -0.836. The summed E-state index contributed by atoms with van der Waals surface area (Å²) in [6, 6.07) is 9.57. The summed E-state index contributed by atoms with van der Waals surface area (Å²) in [5, 5.41) is 12.7. The molecule has 1 heterocycles. The Labute approximate surface area is 92.4 Å². The van der Waals surface area contributed by atoms with Gasteiger partial charge >= 0.3 is 5.97 Å². The Kier molecular flexibility index (Phi) is 2.95. The molecule has 1 aromatic heterocycles. The van der Waals surface area contributed by atoms with Crippen LogP contribution in [0.1, 0.15) is 6.42 Å². The molecular formula is C11H11N3O2. The molecular weight excluding hydrogens is 206 g/mol. The third-order valence-corrected chi connectivity index (χ3v) is 2.12. The molecule has 2 aromatic rings. The van der Waals surface area contributed by atoms with E-state index in [4.69, 9.17) is 5.11 Å². The van der Waals surface area contributed by atoms with Gasteiger partial charge in [0.25, 0.3) is 0 Å². The first-order chi connectivity index (χ1) is 7.75. The third-order valence-electron chi connectivity index (χ3n) is 2.12. The van der Waals surface area contributed by atoms with Crippen LogP contribution in [0, 0.1) is 0 Å². The Morgan fingerprint density at radius 2 is 2.06 bits per heavy atom. The summed E-state index contributed by atoms with van der Waals surface area (Å²) in [4.78, 5) is 14.5. The highest BCUT2D eigenvalue weighted by molar-refractivity contribution is 5.66. The van der Waals surface area contributed by atoms with Crippen LogP contribution in [0.15, 0.2) is 36.7 Å². The highest BCUT2D eigenvalue weighted by Gasteiger charge is 2.04. The van der Waals surface area contributed by atoms with Crippen LogP contribution >= 0.6 is 0 Å². The van der Waals surface area contributed by atoms with Gasteiger partial charge in [-0.25, -0.2) is 4.98 Å². The van der Waals surface area contributed by atoms with Crippen LogP contribution in [-0.2, 0) is 11.3 Å². The van der Waals surface area contributed by atoms with Crippen molar-refractivity contribution in [2.75, 3.05) is 0 Å². The second-order valence-corrected chi connectivity index (χ2v) is 3.34. The molecule has 0 saturated carbocycles. The van der Waals surface area contributed by atoms with Gasteiger partial charge in [0.05, 0.1) is 13.0 Å². The minimum absolute atomic E-state index is 0.0532. The SMILES string of the molecule is O=C(O)CCn1cnc(-c2ccccc2)n1. The number of hydrogen-bond donors (Lipinski definition) is 1. The van der Waals surface area contributed by atoms with Gasteiger partial charge in [0.2, 0.25) is 0 Å². The number of carboxylic acids is 1. The predicted molar refractivity (Wildman–Crippen MR) is 57.7 cm³/mol. The summed E-state index contributed by atoms with van der Waals surface area (Å²) in [5.74, 6) is -0.220. The molecule has 0 radical (unpaired) electrons. The molecule has 0 amide bonds. The van der Waals surface area contributed by atoms with Gasteiger partial charge in [-0.2, -0.15) is 5.10 Å². The molecule has 0 fully saturated rings. The zero-order valence-corrected chi connectivity index (χ0v) is 8.58. The molecule has 2 rings (SSSR count). The molecule has 0 aliphatic heterocycles. The Balaban J connectivity index is 2.11. The Bertz CT molecular complexity index is 479. The highest BCUT2D eigenvalue weighted by atomic mass is 16.4. The van der Waals surface area contributed by atoms with Crippen molar-refractivity contribution in [2.24, 2.45) is 0 Å². The minimum Gasteiger partial charge on any atom is -0.481 e. The topological polar surface area (TPSA) is 68.0 Å². The summed E-state index contributed by atoms with van der Waals surface area (Å²) in [7, 11) is 0. The molecule has 0 unspecified atom stereocenters. The van der Waals surface area contributed by atoms with E-state index in [2.05, 4.69) is 10.1 Å². The normalized spacial score (nSPS) is 10.2. The first-order valence-corrected chi connectivity index (χ1v) is 4.92. The molecule has 0 saturated heterocycles. The van der Waals surface area contributed by atoms with Gasteiger partial charge in [0.1, 0.15) is 6.33 Å². The molecule has 1 aromatic carbocycles. The van der Waals surface area contributed by atoms with Gasteiger partial charge in [0, 0.05) is 5.56 Å². The van der Waals surface area contributed by atoms with Gasteiger partial charge in [0.15, 0.2) is 5.82 Å². The molecule has 0 bridgehead atoms. The van der Waals surface area contributed by atoms with E-state index in [1.807, 2.05) is 30.3 Å². The molecule has 1 N–H and O–H groups in total. The van der Waals surface area contributed by atoms with Crippen LogP contribution in [0.2, 0.25) is 0 Å². The first kappa shape index (κ1) is 10.4. The van der Waals surface area contributed by atoms with Crippen LogP contribution in [0.25, 0.3) is 11.4 Å². The number of nitrogens with zero attached hydrogens (tertiary/aromatic N) is 3. The van der Waals surface area contributed by atoms with E-state index in [0.717, 1.165) is 5.56 Å². The van der Waals surface area contributed by atoms with E-state index in [1.54, 1.807) is 6.33 Å². The highest BCUT2D eigenvalue weighted by Crippen LogP contribution is 2.12. The van der Waals surface area contributed by atoms with Crippen LogP contribution in [0.4, 0.5) is 0 Å². The molecule has 16 heavy (non-hydrogen) atoms. The van der Waals surface area contributed by atoms with Crippen molar-refractivity contribution in [3.63, 3.8) is 0 Å². The van der Waals surface area contributed by atoms with Gasteiger partial charge in [-0.05, 0) is 0 Å². The number of aliphatic carboxylic acids is 1. The van der Waals surface area contributed by atoms with Gasteiger partial charge in [-0.3, -0.25) is 9.48 Å². The Hall–Kier alpha value is -2.17. The first-order valence-electron chi connectivity index (χ1n) is 4.92. The van der Waals surface area contributed by atoms with Crippen LogP contribution in [0.5, 0.6) is 0 Å². The fourth-order valence-electron chi connectivity index (χ4n) is 1.33. The molecule has 5 nitrogen and oxygen atoms in total. The number of benzene rings is 1. The molecule has 0 spiro atoms. The van der Waals surface area contributed by atoms with E-state index in [-0.39, 0.29) is 6.42 Å². The Morgan fingerprint density at radius 3 is 2.75 bits per heavy atom. The number of hydrogen-bond acceptors (Lipinski definition) is 3. The van der Waals surface area contributed by atoms with E-state index in [1.165, 1.54) is 4.68 Å². The Morgan fingerprint density at radius 1 is 1.31 bits per heavy atom. The molecule has 5 heteroatoms. The smallest absolute Gasteiger partial charge is 0.305 e. The van der Waals surface area contributed by atoms with Gasteiger partial charge in [-0.15, -0.1) is 0 Å². The molecule has 0 aliphatic rings. The van der Waals surface area contributed by atoms with Crippen molar-refractivity contribution in [1.29, 1.82) is 0 Å². The number of rotatable bonds is 4. The maximum Gasteiger partial charge on any atom is 0.305 e. The van der Waals surface area contributed by atoms with E-state index >= 15 is 0 Å². The molecule has 0 aliphatic carbocycles. The van der Waals surface area contributed by atoms with Crippen molar-refractivity contribution in [2.45, 2.75) is 13.0 Å². The van der Waals surface area contributed by atoms with Crippen LogP contribution in [-0.4, -0.2) is 25.8 Å². The maximum atomic E-state index is 10.4. The van der Waals surface area contributed by atoms with Gasteiger partial charge < -0.3 is 5.11 Å². The number of aryl methyl sites for hydroxylation is 1. The van der Waals surface area contributed by atoms with Crippen molar-refractivity contribution in [3.05, 3.63) is 36.7 Å². The van der Waals surface area contributed by atoms with Crippen molar-refractivity contribution in [3.8, 4) is 11.4 Å². The van der Waals surface area contributed by atoms with Crippen LogP contribution < -0.4 is 0 Å². The third kappa shape index (κ3) is 2.44. The zero-order valence-electron chi connectivity index (χ0n) is 8.58. The van der Waals surface area contributed by atoms with Crippen molar-refractivity contribution >= 4 is 5.97 Å². The fraction of sp³-hybridized carbons (Fsp3) is 0.182. The van der Waals surface area contributed by atoms with E-state index in [9.17, 15) is 4.79 Å². The number of carboxylic acid groups (broad SMARTS) is 1. The molecule has 0 atom stereocenters. The second kappa shape index (κ2) is 4.57. The zero-order chi connectivity index (χ0) is 11.4. The summed E-state index contributed by atoms with van der Waals surface area (Å²) in [5.41, 5.74) is 0.927. The van der Waals surface area contributed by atoms with E-state index in [0.29, 0.717) is 12.4 Å². The monoisotopic (exact) mass is 217 g/mol. The summed E-state index contributed by atoms with van der Waals surface area (Å²) >= 11 is 0. The lowest BCUT2D eigenvalue weighted by Gasteiger charge is -1.96. The quantitative estimate of drug-likeness (QED) is 0.840. The number of aromatic nitrogens is 3. The van der Waals surface area contributed by atoms with E-state index < -0.39 is 5.97 Å². The molecule has 82 valence electrons. The fourth-order valence-corrected chi connectivity index (χ4v) is 1.33. The summed E-state index contributed by atoms with van der Waals surface area (Å²) in [6.07, 6.45) is 1.60. The second-order valence-electron chi connectivity index (χ2n) is 3.34. The number of carbonyl (C=O) groups is 1.